The number of anilines is 2. The number of benzene rings is 2. The van der Waals surface area contributed by atoms with Gasteiger partial charge in [0.2, 0.25) is 0 Å². The first kappa shape index (κ1) is 18.1. The Morgan fingerprint density at radius 2 is 1.41 bits per heavy atom. The molecule has 2 amide bonds. The van der Waals surface area contributed by atoms with E-state index >= 15 is 0 Å². The summed E-state index contributed by atoms with van der Waals surface area (Å²) in [6.07, 6.45) is 0. The molecule has 0 fully saturated rings. The topological polar surface area (TPSA) is 94.9 Å². The third kappa shape index (κ3) is 4.69. The molecule has 0 saturated heterocycles. The van der Waals surface area contributed by atoms with Gasteiger partial charge in [-0.25, -0.2) is 4.98 Å². The number of carbonyl (C=O) groups is 2. The Hall–Kier alpha value is -3.69. The van der Waals surface area contributed by atoms with Crippen molar-refractivity contribution < 1.29 is 9.59 Å². The number of amides is 2. The number of nitriles is 1. The lowest BCUT2D eigenvalue weighted by Crippen LogP contribution is -2.18. The van der Waals surface area contributed by atoms with Crippen LogP contribution >= 0.6 is 11.6 Å². The zero-order valence-corrected chi connectivity index (χ0v) is 14.7. The Morgan fingerprint density at radius 1 is 0.852 bits per heavy atom. The first-order valence-electron chi connectivity index (χ1n) is 7.90. The maximum absolute atomic E-state index is 12.4. The monoisotopic (exact) mass is 376 g/mol. The van der Waals surface area contributed by atoms with Crippen LogP contribution in [0.2, 0.25) is 5.02 Å². The van der Waals surface area contributed by atoms with E-state index in [0.29, 0.717) is 22.0 Å². The predicted molar refractivity (Wildman–Crippen MR) is 103 cm³/mol. The number of carbonyl (C=O) groups excluding carboxylic acids is 2. The average molecular weight is 377 g/mol. The van der Waals surface area contributed by atoms with Gasteiger partial charge in [0, 0.05) is 16.4 Å². The molecule has 0 aliphatic rings. The summed E-state index contributed by atoms with van der Waals surface area (Å²) in [5.41, 5.74) is 1.59. The number of rotatable bonds is 4. The zero-order chi connectivity index (χ0) is 19.2. The van der Waals surface area contributed by atoms with Crippen LogP contribution in [0, 0.1) is 11.3 Å². The van der Waals surface area contributed by atoms with Gasteiger partial charge < -0.3 is 10.6 Å². The lowest BCUT2D eigenvalue weighted by Gasteiger charge is -2.08. The van der Waals surface area contributed by atoms with Crippen molar-refractivity contribution in [3.05, 3.63) is 88.7 Å². The SMILES string of the molecule is N#Cc1cccc(NC(=O)c2cccc(C(=O)Nc3cccc(Cl)c3)n2)c1. The largest absolute Gasteiger partial charge is 0.321 e. The fourth-order valence-corrected chi connectivity index (χ4v) is 2.50. The standard InChI is InChI=1S/C20H13ClN4O2/c21-14-5-2-7-16(11-14)24-20(27)18-9-3-8-17(25-18)19(26)23-15-6-1-4-13(10-15)12-22/h1-11H,(H,23,26)(H,24,27). The smallest absolute Gasteiger partial charge is 0.274 e. The van der Waals surface area contributed by atoms with Gasteiger partial charge in [0.1, 0.15) is 11.4 Å². The van der Waals surface area contributed by atoms with Gasteiger partial charge in [0.05, 0.1) is 11.6 Å². The number of pyridine rings is 1. The first-order valence-corrected chi connectivity index (χ1v) is 8.28. The highest BCUT2D eigenvalue weighted by molar-refractivity contribution is 6.31. The predicted octanol–water partition coefficient (Wildman–Crippen LogP) is 4.11. The van der Waals surface area contributed by atoms with E-state index in [1.165, 1.54) is 12.1 Å². The number of hydrogen-bond acceptors (Lipinski definition) is 4. The Balaban J connectivity index is 1.75. The van der Waals surface area contributed by atoms with Crippen LogP contribution in [0.1, 0.15) is 26.5 Å². The fraction of sp³-hybridized carbons (Fsp3) is 0. The van der Waals surface area contributed by atoms with Gasteiger partial charge in [0.25, 0.3) is 11.8 Å². The molecule has 3 rings (SSSR count). The summed E-state index contributed by atoms with van der Waals surface area (Å²) in [4.78, 5) is 28.9. The summed E-state index contributed by atoms with van der Waals surface area (Å²) in [6, 6.07) is 19.8. The molecule has 7 heteroatoms. The Morgan fingerprint density at radius 3 is 2.00 bits per heavy atom. The minimum absolute atomic E-state index is 0.0797. The van der Waals surface area contributed by atoms with Crippen LogP contribution in [0.4, 0.5) is 11.4 Å². The lowest BCUT2D eigenvalue weighted by molar-refractivity contribution is 0.101. The number of halogens is 1. The van der Waals surface area contributed by atoms with Gasteiger partial charge in [-0.3, -0.25) is 9.59 Å². The third-order valence-corrected chi connectivity index (χ3v) is 3.78. The number of nitrogens with zero attached hydrogens (tertiary/aromatic N) is 2. The molecule has 0 aliphatic heterocycles. The van der Waals surface area contributed by atoms with Crippen LogP contribution in [0.25, 0.3) is 0 Å². The summed E-state index contributed by atoms with van der Waals surface area (Å²) >= 11 is 5.90. The van der Waals surface area contributed by atoms with Gasteiger partial charge in [-0.05, 0) is 48.5 Å². The van der Waals surface area contributed by atoms with Gasteiger partial charge in [-0.2, -0.15) is 5.26 Å². The van der Waals surface area contributed by atoms with E-state index in [2.05, 4.69) is 15.6 Å². The second kappa shape index (κ2) is 8.13. The second-order valence-electron chi connectivity index (χ2n) is 5.52. The van der Waals surface area contributed by atoms with Crippen molar-refractivity contribution in [2.24, 2.45) is 0 Å². The van der Waals surface area contributed by atoms with Crippen LogP contribution in [-0.4, -0.2) is 16.8 Å². The highest BCUT2D eigenvalue weighted by Crippen LogP contribution is 2.16. The molecular weight excluding hydrogens is 364 g/mol. The molecule has 2 aromatic carbocycles. The summed E-state index contributed by atoms with van der Waals surface area (Å²) in [5, 5.41) is 14.7. The summed E-state index contributed by atoms with van der Waals surface area (Å²) in [6.45, 7) is 0. The van der Waals surface area contributed by atoms with E-state index < -0.39 is 11.8 Å². The van der Waals surface area contributed by atoms with Crippen molar-refractivity contribution >= 4 is 34.8 Å². The third-order valence-electron chi connectivity index (χ3n) is 3.55. The van der Waals surface area contributed by atoms with Crippen molar-refractivity contribution in [3.63, 3.8) is 0 Å². The molecule has 0 atom stereocenters. The highest BCUT2D eigenvalue weighted by Gasteiger charge is 2.13. The Bertz CT molecular complexity index is 1060. The molecule has 0 spiro atoms. The van der Waals surface area contributed by atoms with Crippen molar-refractivity contribution in [3.8, 4) is 6.07 Å². The van der Waals surface area contributed by atoms with E-state index in [0.717, 1.165) is 0 Å². The first-order chi connectivity index (χ1) is 13.0. The molecule has 0 aliphatic carbocycles. The van der Waals surface area contributed by atoms with E-state index in [9.17, 15) is 9.59 Å². The normalized spacial score (nSPS) is 9.93. The van der Waals surface area contributed by atoms with Crippen LogP contribution < -0.4 is 10.6 Å². The molecule has 2 N–H and O–H groups in total. The zero-order valence-electron chi connectivity index (χ0n) is 13.9. The molecule has 0 unspecified atom stereocenters. The van der Waals surface area contributed by atoms with E-state index in [1.807, 2.05) is 6.07 Å². The van der Waals surface area contributed by atoms with Crippen LogP contribution in [0.3, 0.4) is 0 Å². The maximum Gasteiger partial charge on any atom is 0.274 e. The molecule has 0 radical (unpaired) electrons. The minimum atomic E-state index is -0.484. The van der Waals surface area contributed by atoms with Crippen molar-refractivity contribution in [1.29, 1.82) is 5.26 Å². The fourth-order valence-electron chi connectivity index (χ4n) is 2.31. The molecule has 27 heavy (non-hydrogen) atoms. The van der Waals surface area contributed by atoms with Gasteiger partial charge in [-0.1, -0.05) is 29.8 Å². The Kier molecular flexibility index (Phi) is 5.45. The second-order valence-corrected chi connectivity index (χ2v) is 5.96. The molecule has 0 saturated carbocycles. The van der Waals surface area contributed by atoms with Crippen molar-refractivity contribution in [2.75, 3.05) is 10.6 Å². The van der Waals surface area contributed by atoms with E-state index in [4.69, 9.17) is 16.9 Å². The van der Waals surface area contributed by atoms with E-state index in [1.54, 1.807) is 54.6 Å². The molecular formula is C20H13ClN4O2. The molecule has 0 bridgehead atoms. The Labute approximate surface area is 160 Å². The van der Waals surface area contributed by atoms with Gasteiger partial charge >= 0.3 is 0 Å². The van der Waals surface area contributed by atoms with Gasteiger partial charge in [-0.15, -0.1) is 0 Å². The average Bonchev–Trinajstić information content (AvgIpc) is 2.68. The van der Waals surface area contributed by atoms with Crippen molar-refractivity contribution in [1.82, 2.24) is 4.98 Å². The summed E-state index contributed by atoms with van der Waals surface area (Å²) < 4.78 is 0. The van der Waals surface area contributed by atoms with Crippen LogP contribution in [-0.2, 0) is 0 Å². The quantitative estimate of drug-likeness (QED) is 0.716. The summed E-state index contributed by atoms with van der Waals surface area (Å²) in [5.74, 6) is -0.944. The van der Waals surface area contributed by atoms with Gasteiger partial charge in [0.15, 0.2) is 0 Å². The number of hydrogen-bond donors (Lipinski definition) is 2. The number of nitrogens with one attached hydrogen (secondary N) is 2. The minimum Gasteiger partial charge on any atom is -0.321 e. The molecule has 6 nitrogen and oxygen atoms in total. The maximum atomic E-state index is 12.4. The highest BCUT2D eigenvalue weighted by atomic mass is 35.5. The van der Waals surface area contributed by atoms with E-state index in [-0.39, 0.29) is 11.4 Å². The molecule has 1 aromatic heterocycles. The lowest BCUT2D eigenvalue weighted by atomic mass is 10.2. The molecule has 132 valence electrons. The van der Waals surface area contributed by atoms with Crippen LogP contribution in [0.15, 0.2) is 66.7 Å². The summed E-state index contributed by atoms with van der Waals surface area (Å²) in [7, 11) is 0. The molecule has 1 heterocycles. The number of aromatic nitrogens is 1. The van der Waals surface area contributed by atoms with Crippen molar-refractivity contribution in [2.45, 2.75) is 0 Å². The van der Waals surface area contributed by atoms with Crippen LogP contribution in [0.5, 0.6) is 0 Å². The molecule has 3 aromatic rings.